The van der Waals surface area contributed by atoms with E-state index in [1.807, 2.05) is 0 Å². The van der Waals surface area contributed by atoms with Gasteiger partial charge in [-0.05, 0) is 31.0 Å². The molecule has 0 radical (unpaired) electrons. The van der Waals surface area contributed by atoms with Crippen LogP contribution in [0.3, 0.4) is 0 Å². The third-order valence-corrected chi connectivity index (χ3v) is 4.18. The highest BCUT2D eigenvalue weighted by atomic mass is 35.5. The molecule has 0 atom stereocenters. The number of carbonyl (C=O) groups excluding carboxylic acids is 1. The predicted molar refractivity (Wildman–Crippen MR) is 82.5 cm³/mol. The second-order valence-electron chi connectivity index (χ2n) is 5.37. The van der Waals surface area contributed by atoms with Crippen molar-refractivity contribution >= 4 is 23.3 Å². The fourth-order valence-corrected chi connectivity index (χ4v) is 2.87. The van der Waals surface area contributed by atoms with Crippen molar-refractivity contribution in [3.05, 3.63) is 28.8 Å². The van der Waals surface area contributed by atoms with Gasteiger partial charge in [0.15, 0.2) is 0 Å². The highest BCUT2D eigenvalue weighted by molar-refractivity contribution is 6.33. The van der Waals surface area contributed by atoms with Crippen molar-refractivity contribution in [1.82, 2.24) is 0 Å². The maximum Gasteiger partial charge on any atom is 0.337 e. The number of benzene rings is 1. The lowest BCUT2D eigenvalue weighted by atomic mass is 9.96. The van der Waals surface area contributed by atoms with Gasteiger partial charge < -0.3 is 10.1 Å². The molecule has 1 aromatic carbocycles. The van der Waals surface area contributed by atoms with Crippen molar-refractivity contribution in [2.24, 2.45) is 0 Å². The van der Waals surface area contributed by atoms with E-state index in [1.165, 1.54) is 52.1 Å². The van der Waals surface area contributed by atoms with Crippen LogP contribution in [0.15, 0.2) is 18.2 Å². The molecular weight excluding hydrogens is 274 g/mol. The predicted octanol–water partition coefficient (Wildman–Crippen LogP) is 4.65. The highest BCUT2D eigenvalue weighted by Gasteiger charge is 2.14. The standard InChI is InChI=1S/C16H22ClNO2/c1-20-16(19)12-9-10-14(17)15(11-12)18-13-7-5-3-2-4-6-8-13/h9-11,13,18H,2-8H2,1H3. The summed E-state index contributed by atoms with van der Waals surface area (Å²) in [5.41, 5.74) is 1.37. The Morgan fingerprint density at radius 3 is 2.50 bits per heavy atom. The zero-order valence-corrected chi connectivity index (χ0v) is 12.7. The Hall–Kier alpha value is -1.22. The molecule has 1 aromatic rings. The minimum atomic E-state index is -0.331. The van der Waals surface area contributed by atoms with Crippen LogP contribution in [0.4, 0.5) is 5.69 Å². The lowest BCUT2D eigenvalue weighted by Crippen LogP contribution is -2.21. The van der Waals surface area contributed by atoms with Gasteiger partial charge in [-0.1, -0.05) is 43.7 Å². The van der Waals surface area contributed by atoms with Crippen molar-refractivity contribution in [1.29, 1.82) is 0 Å². The van der Waals surface area contributed by atoms with E-state index >= 15 is 0 Å². The summed E-state index contributed by atoms with van der Waals surface area (Å²) in [4.78, 5) is 11.6. The lowest BCUT2D eigenvalue weighted by molar-refractivity contribution is 0.0601. The van der Waals surface area contributed by atoms with Crippen LogP contribution in [-0.2, 0) is 4.74 Å². The average Bonchev–Trinajstić information content (AvgIpc) is 2.43. The zero-order chi connectivity index (χ0) is 14.4. The molecule has 0 spiro atoms. The molecule has 20 heavy (non-hydrogen) atoms. The molecule has 2 rings (SSSR count). The minimum absolute atomic E-state index is 0.331. The molecule has 0 aliphatic heterocycles. The molecule has 1 fully saturated rings. The number of nitrogens with one attached hydrogen (secondary N) is 1. The molecule has 0 heterocycles. The first-order valence-electron chi connectivity index (χ1n) is 7.35. The van der Waals surface area contributed by atoms with Crippen molar-refractivity contribution in [3.63, 3.8) is 0 Å². The normalized spacial score (nSPS) is 17.1. The molecule has 3 nitrogen and oxygen atoms in total. The van der Waals surface area contributed by atoms with Crippen LogP contribution >= 0.6 is 11.6 Å². The number of methoxy groups -OCH3 is 1. The van der Waals surface area contributed by atoms with E-state index < -0.39 is 0 Å². The Balaban J connectivity index is 2.08. The summed E-state index contributed by atoms with van der Waals surface area (Å²) in [6, 6.07) is 5.67. The van der Waals surface area contributed by atoms with E-state index in [2.05, 4.69) is 5.32 Å². The van der Waals surface area contributed by atoms with Gasteiger partial charge in [-0.3, -0.25) is 0 Å². The Labute approximate surface area is 125 Å². The van der Waals surface area contributed by atoms with Gasteiger partial charge in [-0.25, -0.2) is 4.79 Å². The third-order valence-electron chi connectivity index (χ3n) is 3.85. The van der Waals surface area contributed by atoms with E-state index in [4.69, 9.17) is 16.3 Å². The number of rotatable bonds is 3. The number of carbonyl (C=O) groups is 1. The summed E-state index contributed by atoms with van der Waals surface area (Å²) in [5.74, 6) is -0.331. The number of anilines is 1. The molecule has 0 saturated heterocycles. The maximum absolute atomic E-state index is 11.6. The summed E-state index contributed by atoms with van der Waals surface area (Å²) in [6.07, 6.45) is 8.82. The Morgan fingerprint density at radius 2 is 1.85 bits per heavy atom. The van der Waals surface area contributed by atoms with Crippen molar-refractivity contribution < 1.29 is 9.53 Å². The number of hydrogen-bond acceptors (Lipinski definition) is 3. The van der Waals surface area contributed by atoms with Gasteiger partial charge in [0.1, 0.15) is 0 Å². The number of halogens is 1. The smallest absolute Gasteiger partial charge is 0.337 e. The molecule has 4 heteroatoms. The van der Waals surface area contributed by atoms with Gasteiger partial charge in [0.2, 0.25) is 0 Å². The Morgan fingerprint density at radius 1 is 1.20 bits per heavy atom. The van der Waals surface area contributed by atoms with Crippen LogP contribution < -0.4 is 5.32 Å². The summed E-state index contributed by atoms with van der Waals surface area (Å²) < 4.78 is 4.75. The van der Waals surface area contributed by atoms with Gasteiger partial charge in [-0.2, -0.15) is 0 Å². The van der Waals surface area contributed by atoms with Gasteiger partial charge in [0.05, 0.1) is 23.4 Å². The van der Waals surface area contributed by atoms with Crippen LogP contribution in [0.25, 0.3) is 0 Å². The minimum Gasteiger partial charge on any atom is -0.465 e. The first-order valence-corrected chi connectivity index (χ1v) is 7.73. The van der Waals surface area contributed by atoms with Crippen molar-refractivity contribution in [3.8, 4) is 0 Å². The molecule has 110 valence electrons. The van der Waals surface area contributed by atoms with E-state index in [-0.39, 0.29) is 5.97 Å². The molecule has 1 aliphatic carbocycles. The summed E-state index contributed by atoms with van der Waals surface area (Å²) in [7, 11) is 1.39. The topological polar surface area (TPSA) is 38.3 Å². The highest BCUT2D eigenvalue weighted by Crippen LogP contribution is 2.27. The van der Waals surface area contributed by atoms with Gasteiger partial charge in [0, 0.05) is 6.04 Å². The fraction of sp³-hybridized carbons (Fsp3) is 0.562. The van der Waals surface area contributed by atoms with Crippen molar-refractivity contribution in [2.45, 2.75) is 51.0 Å². The SMILES string of the molecule is COC(=O)c1ccc(Cl)c(NC2CCCCCCC2)c1. The summed E-state index contributed by atoms with van der Waals surface area (Å²) in [6.45, 7) is 0. The first-order chi connectivity index (χ1) is 9.70. The first kappa shape index (κ1) is 15.2. The molecule has 1 saturated carbocycles. The van der Waals surface area contributed by atoms with E-state index in [0.29, 0.717) is 16.6 Å². The monoisotopic (exact) mass is 295 g/mol. The number of hydrogen-bond donors (Lipinski definition) is 1. The van der Waals surface area contributed by atoms with E-state index in [9.17, 15) is 4.79 Å². The number of ether oxygens (including phenoxy) is 1. The van der Waals surface area contributed by atoms with Crippen LogP contribution in [0.5, 0.6) is 0 Å². The average molecular weight is 296 g/mol. The van der Waals surface area contributed by atoms with Crippen LogP contribution in [0, 0.1) is 0 Å². The number of esters is 1. The van der Waals surface area contributed by atoms with Gasteiger partial charge >= 0.3 is 5.97 Å². The quantitative estimate of drug-likeness (QED) is 0.825. The largest absolute Gasteiger partial charge is 0.465 e. The van der Waals surface area contributed by atoms with E-state index in [0.717, 1.165) is 5.69 Å². The van der Waals surface area contributed by atoms with Gasteiger partial charge in [-0.15, -0.1) is 0 Å². The van der Waals surface area contributed by atoms with Crippen LogP contribution in [0.1, 0.15) is 55.3 Å². The molecule has 0 unspecified atom stereocenters. The molecule has 0 amide bonds. The van der Waals surface area contributed by atoms with Crippen LogP contribution in [-0.4, -0.2) is 19.1 Å². The molecular formula is C16H22ClNO2. The second-order valence-corrected chi connectivity index (χ2v) is 5.78. The van der Waals surface area contributed by atoms with E-state index in [1.54, 1.807) is 18.2 Å². The van der Waals surface area contributed by atoms with Crippen LogP contribution in [0.2, 0.25) is 5.02 Å². The summed E-state index contributed by atoms with van der Waals surface area (Å²) in [5, 5.41) is 4.15. The molecule has 1 aliphatic rings. The lowest BCUT2D eigenvalue weighted by Gasteiger charge is -2.23. The maximum atomic E-state index is 11.6. The van der Waals surface area contributed by atoms with Crippen molar-refractivity contribution in [2.75, 3.05) is 12.4 Å². The third kappa shape index (κ3) is 4.14. The zero-order valence-electron chi connectivity index (χ0n) is 12.0. The molecule has 0 bridgehead atoms. The van der Waals surface area contributed by atoms with Gasteiger partial charge in [0.25, 0.3) is 0 Å². The summed E-state index contributed by atoms with van der Waals surface area (Å²) >= 11 is 6.22. The molecule has 0 aromatic heterocycles. The fourth-order valence-electron chi connectivity index (χ4n) is 2.70. The Bertz CT molecular complexity index is 454. The Kier molecular flexibility index (Phi) is 5.72. The molecule has 1 N–H and O–H groups in total. The second kappa shape index (κ2) is 7.53.